The van der Waals surface area contributed by atoms with Crippen LogP contribution in [0.1, 0.15) is 36.4 Å². The summed E-state index contributed by atoms with van der Waals surface area (Å²) in [6, 6.07) is 3.81. The Balaban J connectivity index is 2.72. The molecule has 0 aliphatic rings. The Morgan fingerprint density at radius 1 is 1.64 bits per heavy atom. The first kappa shape index (κ1) is 11.2. The van der Waals surface area contributed by atoms with Crippen molar-refractivity contribution in [1.29, 1.82) is 0 Å². The first-order valence-corrected chi connectivity index (χ1v) is 5.65. The lowest BCUT2D eigenvalue weighted by Gasteiger charge is -2.21. The van der Waals surface area contributed by atoms with Crippen molar-refractivity contribution >= 4 is 17.1 Å². The molecule has 0 saturated carbocycles. The third-order valence-electron chi connectivity index (χ3n) is 2.33. The van der Waals surface area contributed by atoms with E-state index in [0.29, 0.717) is 0 Å². The molecule has 1 heterocycles. The molecule has 0 aliphatic carbocycles. The molecule has 0 amide bonds. The van der Waals surface area contributed by atoms with E-state index in [1.807, 2.05) is 37.4 Å². The lowest BCUT2D eigenvalue weighted by atomic mass is 9.82. The fourth-order valence-corrected chi connectivity index (χ4v) is 2.16. The van der Waals surface area contributed by atoms with Gasteiger partial charge < -0.3 is 0 Å². The van der Waals surface area contributed by atoms with Crippen molar-refractivity contribution in [3.63, 3.8) is 0 Å². The number of allylic oxidation sites excluding steroid dienone is 1. The Kier molecular flexibility index (Phi) is 3.64. The molecule has 0 bridgehead atoms. The van der Waals surface area contributed by atoms with Gasteiger partial charge in [-0.2, -0.15) is 0 Å². The summed E-state index contributed by atoms with van der Waals surface area (Å²) < 4.78 is 0. The minimum Gasteiger partial charge on any atom is -0.293 e. The lowest BCUT2D eigenvalue weighted by molar-refractivity contribution is 0.0832. The highest BCUT2D eigenvalue weighted by atomic mass is 32.1. The molecule has 0 aromatic carbocycles. The van der Waals surface area contributed by atoms with E-state index in [1.165, 1.54) is 11.3 Å². The van der Waals surface area contributed by atoms with Crippen LogP contribution in [0.3, 0.4) is 0 Å². The van der Waals surface area contributed by atoms with E-state index in [-0.39, 0.29) is 11.2 Å². The minimum atomic E-state index is -0.265. The number of hydrogen-bond acceptors (Lipinski definition) is 2. The largest absolute Gasteiger partial charge is 0.293 e. The molecular formula is C12H16OS. The predicted octanol–water partition coefficient (Wildman–Crippen LogP) is 3.92. The Morgan fingerprint density at radius 3 is 2.86 bits per heavy atom. The maximum atomic E-state index is 12.0. The zero-order chi connectivity index (χ0) is 10.6. The molecule has 0 atom stereocenters. The van der Waals surface area contributed by atoms with E-state index in [1.54, 1.807) is 0 Å². The highest BCUT2D eigenvalue weighted by Crippen LogP contribution is 2.29. The minimum absolute atomic E-state index is 0.245. The summed E-state index contributed by atoms with van der Waals surface area (Å²) in [6.07, 6.45) is 3.63. The number of thiophene rings is 1. The molecule has 0 radical (unpaired) electrons. The Bertz CT molecular complexity index is 309. The molecule has 0 fully saturated rings. The zero-order valence-corrected chi connectivity index (χ0v) is 9.56. The molecule has 1 aromatic rings. The second-order valence-corrected chi connectivity index (χ2v) is 4.97. The molecule has 1 aromatic heterocycles. The zero-order valence-electron chi connectivity index (χ0n) is 8.75. The van der Waals surface area contributed by atoms with Crippen molar-refractivity contribution in [2.24, 2.45) is 5.41 Å². The monoisotopic (exact) mass is 208 g/mol. The predicted molar refractivity (Wildman–Crippen MR) is 61.9 cm³/mol. The Hall–Kier alpha value is -0.890. The van der Waals surface area contributed by atoms with Gasteiger partial charge in [-0.15, -0.1) is 17.9 Å². The van der Waals surface area contributed by atoms with Crippen LogP contribution in [0.2, 0.25) is 0 Å². The summed E-state index contributed by atoms with van der Waals surface area (Å²) >= 11 is 1.52. The van der Waals surface area contributed by atoms with Crippen LogP contribution in [0.25, 0.3) is 0 Å². The molecule has 1 nitrogen and oxygen atoms in total. The van der Waals surface area contributed by atoms with Crippen molar-refractivity contribution in [3.8, 4) is 0 Å². The summed E-state index contributed by atoms with van der Waals surface area (Å²) in [6.45, 7) is 7.67. The van der Waals surface area contributed by atoms with Crippen molar-refractivity contribution in [2.75, 3.05) is 0 Å². The maximum Gasteiger partial charge on any atom is 0.178 e. The molecule has 0 aliphatic heterocycles. The van der Waals surface area contributed by atoms with E-state index in [0.717, 1.165) is 17.7 Å². The first-order chi connectivity index (χ1) is 6.58. The van der Waals surface area contributed by atoms with Crippen LogP contribution in [-0.4, -0.2) is 5.78 Å². The van der Waals surface area contributed by atoms with Crippen LogP contribution in [0.15, 0.2) is 30.2 Å². The van der Waals surface area contributed by atoms with Gasteiger partial charge in [0.2, 0.25) is 0 Å². The maximum absolute atomic E-state index is 12.0. The van der Waals surface area contributed by atoms with E-state index < -0.39 is 0 Å². The van der Waals surface area contributed by atoms with Crippen molar-refractivity contribution < 1.29 is 4.79 Å². The highest BCUT2D eigenvalue weighted by Gasteiger charge is 2.28. The first-order valence-electron chi connectivity index (χ1n) is 4.77. The molecule has 0 spiro atoms. The second kappa shape index (κ2) is 4.56. The molecule has 14 heavy (non-hydrogen) atoms. The molecule has 0 unspecified atom stereocenters. The van der Waals surface area contributed by atoms with Gasteiger partial charge in [-0.05, 0) is 24.3 Å². The number of carbonyl (C=O) groups is 1. The highest BCUT2D eigenvalue weighted by molar-refractivity contribution is 7.12. The van der Waals surface area contributed by atoms with Crippen LogP contribution in [0, 0.1) is 5.41 Å². The SMILES string of the molecule is C=CCCC(C)(C)C(=O)c1cccs1. The van der Waals surface area contributed by atoms with Gasteiger partial charge >= 0.3 is 0 Å². The van der Waals surface area contributed by atoms with Gasteiger partial charge in [0, 0.05) is 5.41 Å². The third-order valence-corrected chi connectivity index (χ3v) is 3.20. The normalized spacial score (nSPS) is 11.3. The van der Waals surface area contributed by atoms with E-state index >= 15 is 0 Å². The fraction of sp³-hybridized carbons (Fsp3) is 0.417. The van der Waals surface area contributed by atoms with Gasteiger partial charge in [-0.1, -0.05) is 26.0 Å². The van der Waals surface area contributed by atoms with Crippen LogP contribution >= 0.6 is 11.3 Å². The van der Waals surface area contributed by atoms with Crippen molar-refractivity contribution in [3.05, 3.63) is 35.0 Å². The second-order valence-electron chi connectivity index (χ2n) is 4.02. The summed E-state index contributed by atoms with van der Waals surface area (Å²) in [5.74, 6) is 0.245. The van der Waals surface area contributed by atoms with Gasteiger partial charge in [0.05, 0.1) is 4.88 Å². The van der Waals surface area contributed by atoms with Crippen LogP contribution in [0.4, 0.5) is 0 Å². The summed E-state index contributed by atoms with van der Waals surface area (Å²) in [4.78, 5) is 12.9. The van der Waals surface area contributed by atoms with Crippen LogP contribution in [-0.2, 0) is 0 Å². The number of rotatable bonds is 5. The number of Topliss-reactive ketones (excluding diaryl/α,β-unsaturated/α-hetero) is 1. The number of carbonyl (C=O) groups excluding carboxylic acids is 1. The summed E-state index contributed by atoms with van der Waals surface area (Å²) in [5, 5.41) is 1.94. The van der Waals surface area contributed by atoms with Crippen LogP contribution < -0.4 is 0 Å². The van der Waals surface area contributed by atoms with Crippen LogP contribution in [0.5, 0.6) is 0 Å². The molecule has 0 saturated heterocycles. The smallest absolute Gasteiger partial charge is 0.178 e. The lowest BCUT2D eigenvalue weighted by Crippen LogP contribution is -2.23. The number of hydrogen-bond donors (Lipinski definition) is 0. The average Bonchev–Trinajstić information content (AvgIpc) is 2.66. The molecule has 0 N–H and O–H groups in total. The van der Waals surface area contributed by atoms with Gasteiger partial charge in [-0.25, -0.2) is 0 Å². The standard InChI is InChI=1S/C12H16OS/c1-4-5-8-12(2,3)11(13)10-7-6-9-14-10/h4,6-7,9H,1,5,8H2,2-3H3. The van der Waals surface area contributed by atoms with E-state index in [4.69, 9.17) is 0 Å². The summed E-state index contributed by atoms with van der Waals surface area (Å²) in [7, 11) is 0. The average molecular weight is 208 g/mol. The number of ketones is 1. The van der Waals surface area contributed by atoms with Gasteiger partial charge in [0.15, 0.2) is 5.78 Å². The van der Waals surface area contributed by atoms with Gasteiger partial charge in [-0.3, -0.25) is 4.79 Å². The Morgan fingerprint density at radius 2 is 2.36 bits per heavy atom. The molecular weight excluding hydrogens is 192 g/mol. The van der Waals surface area contributed by atoms with Gasteiger partial charge in [0.25, 0.3) is 0 Å². The molecule has 76 valence electrons. The van der Waals surface area contributed by atoms with E-state index in [9.17, 15) is 4.79 Å². The summed E-state index contributed by atoms with van der Waals surface area (Å²) in [5.41, 5.74) is -0.265. The van der Waals surface area contributed by atoms with Gasteiger partial charge in [0.1, 0.15) is 0 Å². The molecule has 2 heteroatoms. The topological polar surface area (TPSA) is 17.1 Å². The Labute approximate surface area is 89.5 Å². The third kappa shape index (κ3) is 2.55. The quantitative estimate of drug-likeness (QED) is 0.529. The fourth-order valence-electron chi connectivity index (χ4n) is 1.32. The van der Waals surface area contributed by atoms with E-state index in [2.05, 4.69) is 6.58 Å². The van der Waals surface area contributed by atoms with Crippen molar-refractivity contribution in [1.82, 2.24) is 0 Å². The molecule has 1 rings (SSSR count). The van der Waals surface area contributed by atoms with Crippen molar-refractivity contribution in [2.45, 2.75) is 26.7 Å².